The van der Waals surface area contributed by atoms with E-state index in [0.717, 1.165) is 11.6 Å². The predicted octanol–water partition coefficient (Wildman–Crippen LogP) is 4.51. The highest BCUT2D eigenvalue weighted by Crippen LogP contribution is 2.26. The molecule has 1 aromatic carbocycles. The lowest BCUT2D eigenvalue weighted by Crippen LogP contribution is -2.07. The molecule has 3 aromatic rings. The predicted molar refractivity (Wildman–Crippen MR) is 81.2 cm³/mol. The van der Waals surface area contributed by atoms with E-state index in [4.69, 9.17) is 4.42 Å². The van der Waals surface area contributed by atoms with E-state index in [-0.39, 0.29) is 5.43 Å². The fourth-order valence-electron chi connectivity index (χ4n) is 1.86. The van der Waals surface area contributed by atoms with Crippen molar-refractivity contribution in [2.45, 2.75) is 20.0 Å². The van der Waals surface area contributed by atoms with Crippen molar-refractivity contribution >= 4 is 11.0 Å². The standard InChI is InChI=1S/C10H8O2.C7H6F3N/c1-7-6-9(11)8-4-2-3-5-10(8)12-7;1-5-2-3-6(11-4-5)7(8,9)10/h2-6H,1H3;2-4H,1H3. The SMILES string of the molecule is Cc1cc(=O)c2ccccc2o1.Cc1ccc(C(F)(F)F)nc1. The highest BCUT2D eigenvalue weighted by Gasteiger charge is 2.31. The van der Waals surface area contributed by atoms with Gasteiger partial charge in [0.2, 0.25) is 0 Å². The van der Waals surface area contributed by atoms with Gasteiger partial charge in [0.15, 0.2) is 5.43 Å². The first-order chi connectivity index (χ1) is 10.8. The molecule has 2 heterocycles. The Morgan fingerprint density at radius 1 is 1.04 bits per heavy atom. The van der Waals surface area contributed by atoms with Crippen LogP contribution >= 0.6 is 0 Å². The first kappa shape index (κ1) is 16.7. The summed E-state index contributed by atoms with van der Waals surface area (Å²) < 4.78 is 40.9. The Hall–Kier alpha value is -2.63. The number of benzene rings is 1. The van der Waals surface area contributed by atoms with Gasteiger partial charge in [-0.25, -0.2) is 0 Å². The number of hydrogen-bond donors (Lipinski definition) is 0. The molecule has 0 fully saturated rings. The van der Waals surface area contributed by atoms with Crippen LogP contribution in [0, 0.1) is 13.8 Å². The molecular formula is C17H14F3NO2. The van der Waals surface area contributed by atoms with Crippen LogP contribution in [0.4, 0.5) is 13.2 Å². The van der Waals surface area contributed by atoms with Crippen LogP contribution in [0.1, 0.15) is 17.0 Å². The van der Waals surface area contributed by atoms with Crippen molar-refractivity contribution in [3.05, 3.63) is 75.9 Å². The number of nitrogens with zero attached hydrogens (tertiary/aromatic N) is 1. The summed E-state index contributed by atoms with van der Waals surface area (Å²) in [6.45, 7) is 3.46. The monoisotopic (exact) mass is 321 g/mol. The third kappa shape index (κ3) is 4.42. The van der Waals surface area contributed by atoms with E-state index in [9.17, 15) is 18.0 Å². The number of rotatable bonds is 0. The number of alkyl halides is 3. The minimum atomic E-state index is -4.33. The fourth-order valence-corrected chi connectivity index (χ4v) is 1.86. The topological polar surface area (TPSA) is 43.1 Å². The Labute approximate surface area is 130 Å². The van der Waals surface area contributed by atoms with E-state index in [1.807, 2.05) is 12.1 Å². The summed E-state index contributed by atoms with van der Waals surface area (Å²) in [5.41, 5.74) is 0.554. The van der Waals surface area contributed by atoms with Crippen molar-refractivity contribution in [1.82, 2.24) is 4.98 Å². The zero-order chi connectivity index (χ0) is 17.0. The maximum atomic E-state index is 11.9. The molecule has 0 saturated heterocycles. The maximum Gasteiger partial charge on any atom is 0.433 e. The molecule has 0 aliphatic carbocycles. The molecule has 3 nitrogen and oxygen atoms in total. The largest absolute Gasteiger partial charge is 0.461 e. The van der Waals surface area contributed by atoms with E-state index in [1.165, 1.54) is 18.3 Å². The second kappa shape index (κ2) is 6.64. The van der Waals surface area contributed by atoms with Crippen molar-refractivity contribution in [2.75, 3.05) is 0 Å². The van der Waals surface area contributed by atoms with Gasteiger partial charge in [-0.2, -0.15) is 13.2 Å². The molecule has 0 N–H and O–H groups in total. The van der Waals surface area contributed by atoms with Gasteiger partial charge in [-0.15, -0.1) is 0 Å². The van der Waals surface area contributed by atoms with Gasteiger partial charge in [-0.3, -0.25) is 9.78 Å². The molecule has 0 atom stereocenters. The van der Waals surface area contributed by atoms with E-state index < -0.39 is 11.9 Å². The summed E-state index contributed by atoms with van der Waals surface area (Å²) in [6.07, 6.45) is -3.13. The molecule has 2 aromatic heterocycles. The molecule has 0 aliphatic heterocycles. The van der Waals surface area contributed by atoms with Gasteiger partial charge < -0.3 is 4.42 Å². The van der Waals surface area contributed by atoms with E-state index >= 15 is 0 Å². The van der Waals surface area contributed by atoms with E-state index in [1.54, 1.807) is 26.0 Å². The second-order valence-electron chi connectivity index (χ2n) is 4.94. The summed E-state index contributed by atoms with van der Waals surface area (Å²) in [5, 5.41) is 0.642. The lowest BCUT2D eigenvalue weighted by molar-refractivity contribution is -0.141. The summed E-state index contributed by atoms with van der Waals surface area (Å²) >= 11 is 0. The average molecular weight is 321 g/mol. The Morgan fingerprint density at radius 2 is 1.74 bits per heavy atom. The Morgan fingerprint density at radius 3 is 2.35 bits per heavy atom. The number of aryl methyl sites for hydroxylation is 2. The average Bonchev–Trinajstić information content (AvgIpc) is 2.47. The molecule has 0 unspecified atom stereocenters. The summed E-state index contributed by atoms with van der Waals surface area (Å²) in [5.74, 6) is 0.652. The van der Waals surface area contributed by atoms with Crippen molar-refractivity contribution in [3.8, 4) is 0 Å². The molecule has 0 aliphatic rings. The van der Waals surface area contributed by atoms with Crippen LogP contribution in [0.5, 0.6) is 0 Å². The van der Waals surface area contributed by atoms with E-state index in [0.29, 0.717) is 16.7 Å². The highest BCUT2D eigenvalue weighted by molar-refractivity contribution is 5.75. The summed E-state index contributed by atoms with van der Waals surface area (Å²) in [6, 6.07) is 11.1. The van der Waals surface area contributed by atoms with Crippen LogP contribution in [0.15, 0.2) is 57.9 Å². The molecule has 0 saturated carbocycles. The van der Waals surface area contributed by atoms with Crippen LogP contribution in [-0.2, 0) is 6.18 Å². The van der Waals surface area contributed by atoms with Crippen LogP contribution in [0.2, 0.25) is 0 Å². The van der Waals surface area contributed by atoms with Crippen molar-refractivity contribution in [1.29, 1.82) is 0 Å². The summed E-state index contributed by atoms with van der Waals surface area (Å²) in [4.78, 5) is 14.6. The molecular weight excluding hydrogens is 307 g/mol. The third-order valence-electron chi connectivity index (χ3n) is 2.96. The Bertz CT molecular complexity index is 852. The number of para-hydroxylation sites is 1. The molecule has 0 bridgehead atoms. The second-order valence-corrected chi connectivity index (χ2v) is 4.94. The summed E-state index contributed by atoms with van der Waals surface area (Å²) in [7, 11) is 0. The Kier molecular flexibility index (Phi) is 4.83. The zero-order valence-corrected chi connectivity index (χ0v) is 12.5. The molecule has 0 amide bonds. The molecule has 23 heavy (non-hydrogen) atoms. The van der Waals surface area contributed by atoms with Gasteiger partial charge in [0, 0.05) is 12.3 Å². The number of aromatic nitrogens is 1. The van der Waals surface area contributed by atoms with Gasteiger partial charge in [0.25, 0.3) is 0 Å². The minimum absolute atomic E-state index is 0.0225. The van der Waals surface area contributed by atoms with Gasteiger partial charge >= 0.3 is 6.18 Å². The fraction of sp³-hybridized carbons (Fsp3) is 0.176. The number of halogens is 3. The van der Waals surface area contributed by atoms with Crippen molar-refractivity contribution in [2.24, 2.45) is 0 Å². The van der Waals surface area contributed by atoms with Crippen LogP contribution in [0.3, 0.4) is 0 Å². The van der Waals surface area contributed by atoms with Gasteiger partial charge in [0.05, 0.1) is 5.39 Å². The van der Waals surface area contributed by atoms with Gasteiger partial charge in [-0.05, 0) is 37.6 Å². The lowest BCUT2D eigenvalue weighted by atomic mass is 10.2. The Balaban J connectivity index is 0.000000168. The lowest BCUT2D eigenvalue weighted by Gasteiger charge is -2.03. The maximum absolute atomic E-state index is 11.9. The number of fused-ring (bicyclic) bond motifs is 1. The molecule has 120 valence electrons. The van der Waals surface area contributed by atoms with Crippen molar-refractivity contribution in [3.63, 3.8) is 0 Å². The van der Waals surface area contributed by atoms with Crippen LogP contribution < -0.4 is 5.43 Å². The first-order valence-electron chi connectivity index (χ1n) is 6.77. The molecule has 3 rings (SSSR count). The molecule has 6 heteroatoms. The molecule has 0 radical (unpaired) electrons. The third-order valence-corrected chi connectivity index (χ3v) is 2.96. The quantitative estimate of drug-likeness (QED) is 0.612. The van der Waals surface area contributed by atoms with E-state index in [2.05, 4.69) is 4.98 Å². The smallest absolute Gasteiger partial charge is 0.433 e. The number of hydrogen-bond acceptors (Lipinski definition) is 3. The highest BCUT2D eigenvalue weighted by atomic mass is 19.4. The van der Waals surface area contributed by atoms with Crippen LogP contribution in [0.25, 0.3) is 11.0 Å². The minimum Gasteiger partial charge on any atom is -0.461 e. The zero-order valence-electron chi connectivity index (χ0n) is 12.5. The number of pyridine rings is 1. The van der Waals surface area contributed by atoms with Gasteiger partial charge in [0.1, 0.15) is 17.0 Å². The van der Waals surface area contributed by atoms with Gasteiger partial charge in [-0.1, -0.05) is 18.2 Å². The first-order valence-corrected chi connectivity index (χ1v) is 6.77. The van der Waals surface area contributed by atoms with Crippen LogP contribution in [-0.4, -0.2) is 4.98 Å². The molecule has 0 spiro atoms. The van der Waals surface area contributed by atoms with Crippen molar-refractivity contribution < 1.29 is 17.6 Å². The normalized spacial score (nSPS) is 11.0.